The van der Waals surface area contributed by atoms with Crippen molar-refractivity contribution < 1.29 is 0 Å². The fourth-order valence-corrected chi connectivity index (χ4v) is 3.43. The summed E-state index contributed by atoms with van der Waals surface area (Å²) in [6.07, 6.45) is 9.99. The summed E-state index contributed by atoms with van der Waals surface area (Å²) in [4.78, 5) is 0. The summed E-state index contributed by atoms with van der Waals surface area (Å²) in [6.45, 7) is 23.0. The highest BCUT2D eigenvalue weighted by Gasteiger charge is 2.30. The zero-order chi connectivity index (χ0) is 25.2. The molecule has 0 radical (unpaired) electrons. The summed E-state index contributed by atoms with van der Waals surface area (Å²) in [7, 11) is 0. The fraction of sp³-hybridized carbons (Fsp3) is 0.667. The van der Waals surface area contributed by atoms with Crippen LogP contribution in [0, 0.1) is 11.8 Å². The van der Waals surface area contributed by atoms with Gasteiger partial charge in [-0.1, -0.05) is 97.9 Å². The van der Waals surface area contributed by atoms with E-state index < -0.39 is 0 Å². The molecule has 3 heteroatoms. The van der Waals surface area contributed by atoms with E-state index in [1.54, 1.807) is 0 Å². The lowest BCUT2D eigenvalue weighted by molar-refractivity contribution is 0.352. The van der Waals surface area contributed by atoms with E-state index >= 15 is 0 Å². The number of aryl methyl sites for hydroxylation is 1. The molecule has 3 nitrogen and oxygen atoms in total. The number of unbranched alkanes of at least 4 members (excludes halogenated alkanes) is 1. The largest absolute Gasteiger partial charge is 0.283 e. The van der Waals surface area contributed by atoms with E-state index in [9.17, 15) is 0 Å². The highest BCUT2D eigenvalue weighted by atomic mass is 15.3. The highest BCUT2D eigenvalue weighted by Crippen LogP contribution is 2.40. The summed E-state index contributed by atoms with van der Waals surface area (Å²) in [5.74, 6) is 4.76. The van der Waals surface area contributed by atoms with Crippen LogP contribution in [0.15, 0.2) is 42.5 Å². The minimum Gasteiger partial charge on any atom is -0.283 e. The Morgan fingerprint density at radius 3 is 2.00 bits per heavy atom. The van der Waals surface area contributed by atoms with Crippen molar-refractivity contribution >= 4 is 0 Å². The first-order chi connectivity index (χ1) is 15.8. The van der Waals surface area contributed by atoms with E-state index in [0.29, 0.717) is 5.92 Å². The molecule has 1 fully saturated rings. The molecule has 3 rings (SSSR count). The molecule has 0 saturated heterocycles. The maximum absolute atomic E-state index is 4.42. The molecule has 1 saturated carbocycles. The van der Waals surface area contributed by atoms with Crippen LogP contribution in [0.25, 0.3) is 5.69 Å². The van der Waals surface area contributed by atoms with Crippen molar-refractivity contribution in [3.05, 3.63) is 54.1 Å². The Labute approximate surface area is 206 Å². The van der Waals surface area contributed by atoms with E-state index in [2.05, 4.69) is 86.3 Å². The summed E-state index contributed by atoms with van der Waals surface area (Å²) in [5, 5.41) is 8.82. The van der Waals surface area contributed by atoms with E-state index in [0.717, 1.165) is 29.9 Å². The second kappa shape index (κ2) is 18.5. The number of benzene rings is 1. The smallest absolute Gasteiger partial charge is 0.140 e. The monoisotopic (exact) mass is 455 g/mol. The van der Waals surface area contributed by atoms with Gasteiger partial charge in [-0.2, -0.15) is 0 Å². The summed E-state index contributed by atoms with van der Waals surface area (Å²) < 4.78 is 2.27. The summed E-state index contributed by atoms with van der Waals surface area (Å²) >= 11 is 0. The molecule has 188 valence electrons. The Morgan fingerprint density at radius 2 is 1.55 bits per heavy atom. The van der Waals surface area contributed by atoms with Gasteiger partial charge in [-0.05, 0) is 57.1 Å². The Balaban J connectivity index is 0.000000577. The number of rotatable bonds is 9. The molecule has 1 aliphatic carbocycles. The van der Waals surface area contributed by atoms with Gasteiger partial charge in [-0.15, -0.1) is 16.8 Å². The molecule has 33 heavy (non-hydrogen) atoms. The Bertz CT molecular complexity index is 724. The molecule has 0 spiro atoms. The van der Waals surface area contributed by atoms with Crippen LogP contribution in [0.5, 0.6) is 0 Å². The number of allylic oxidation sites excluding steroid dienone is 1. The molecule has 2 aromatic rings. The minimum atomic E-state index is 0.632. The van der Waals surface area contributed by atoms with Crippen LogP contribution >= 0.6 is 0 Å². The van der Waals surface area contributed by atoms with Crippen LogP contribution in [-0.4, -0.2) is 14.8 Å². The van der Waals surface area contributed by atoms with Gasteiger partial charge in [0.2, 0.25) is 0 Å². The number of nitrogens with zero attached hydrogens (tertiary/aromatic N) is 3. The first-order valence-electron chi connectivity index (χ1n) is 13.5. The third-order valence-corrected chi connectivity index (χ3v) is 5.83. The van der Waals surface area contributed by atoms with Crippen LogP contribution in [0.2, 0.25) is 0 Å². The van der Waals surface area contributed by atoms with E-state index in [-0.39, 0.29) is 0 Å². The van der Waals surface area contributed by atoms with Crippen LogP contribution in [0.3, 0.4) is 0 Å². The second-order valence-corrected chi connectivity index (χ2v) is 9.38. The van der Waals surface area contributed by atoms with Crippen molar-refractivity contribution in [2.24, 2.45) is 11.8 Å². The average molecular weight is 456 g/mol. The van der Waals surface area contributed by atoms with Gasteiger partial charge in [0, 0.05) is 18.0 Å². The Morgan fingerprint density at radius 1 is 0.970 bits per heavy atom. The van der Waals surface area contributed by atoms with Crippen LogP contribution < -0.4 is 0 Å². The van der Waals surface area contributed by atoms with Crippen LogP contribution in [-0.2, 0) is 6.42 Å². The number of hydrogen-bond acceptors (Lipinski definition) is 2. The second-order valence-electron chi connectivity index (χ2n) is 9.38. The number of aromatic nitrogens is 3. The molecule has 2 unspecified atom stereocenters. The van der Waals surface area contributed by atoms with Gasteiger partial charge in [-0.25, -0.2) is 0 Å². The quantitative estimate of drug-likeness (QED) is 0.352. The molecule has 1 aliphatic rings. The van der Waals surface area contributed by atoms with Crippen LogP contribution in [0.4, 0.5) is 0 Å². The first kappa shape index (κ1) is 31.1. The molecule has 0 amide bonds. The summed E-state index contributed by atoms with van der Waals surface area (Å²) in [6, 6.07) is 10.5. The number of para-hydroxylation sites is 1. The van der Waals surface area contributed by atoms with Crippen molar-refractivity contribution in [1.82, 2.24) is 14.8 Å². The minimum absolute atomic E-state index is 0.632. The van der Waals surface area contributed by atoms with Gasteiger partial charge in [-0.3, -0.25) is 4.57 Å². The normalized spacial score (nSPS) is 13.8. The molecule has 0 N–H and O–H groups in total. The molecule has 1 aromatic carbocycles. The van der Waals surface area contributed by atoms with Crippen molar-refractivity contribution in [1.29, 1.82) is 0 Å². The third-order valence-electron chi connectivity index (χ3n) is 5.83. The van der Waals surface area contributed by atoms with Crippen molar-refractivity contribution in [2.45, 2.75) is 120 Å². The standard InChI is InChI=1S/C15H19N3.C9H20.C4H8.C2H6/c1-2-3-9-14-16-17-15(12-10-11-12)18(14)13-7-5-4-6-8-13;1-5-7-9(4)8(3)6-2;1-4(2)3;1-2/h4-8,12H,2-3,9-11H2,1H3;8-9H,5-7H2,1-4H3;1H2,2-3H3;1-2H3. The van der Waals surface area contributed by atoms with E-state index in [1.807, 2.05) is 27.7 Å². The first-order valence-corrected chi connectivity index (χ1v) is 13.5. The lowest BCUT2D eigenvalue weighted by Gasteiger charge is -2.16. The lowest BCUT2D eigenvalue weighted by atomic mass is 9.90. The lowest BCUT2D eigenvalue weighted by Crippen LogP contribution is -2.05. The Kier molecular flexibility index (Phi) is 17.5. The molecule has 1 heterocycles. The summed E-state index contributed by atoms with van der Waals surface area (Å²) in [5.41, 5.74) is 2.37. The van der Waals surface area contributed by atoms with Crippen molar-refractivity contribution in [3.8, 4) is 5.69 Å². The van der Waals surface area contributed by atoms with Gasteiger partial charge in [0.15, 0.2) is 0 Å². The molecule has 1 aromatic heterocycles. The van der Waals surface area contributed by atoms with E-state index in [1.165, 1.54) is 56.2 Å². The van der Waals surface area contributed by atoms with Crippen LogP contribution in [0.1, 0.15) is 125 Å². The number of hydrogen-bond donors (Lipinski definition) is 0. The Hall–Kier alpha value is -1.90. The molecule has 0 bridgehead atoms. The maximum atomic E-state index is 4.42. The van der Waals surface area contributed by atoms with Gasteiger partial charge in [0.1, 0.15) is 11.6 Å². The third kappa shape index (κ3) is 12.8. The van der Waals surface area contributed by atoms with Crippen molar-refractivity contribution in [3.63, 3.8) is 0 Å². The predicted octanol–water partition coefficient (Wildman–Crippen LogP) is 9.56. The van der Waals surface area contributed by atoms with Gasteiger partial charge < -0.3 is 0 Å². The van der Waals surface area contributed by atoms with E-state index in [4.69, 9.17) is 0 Å². The SMILES string of the molecule is C=C(C)C.CC.CCCC(C)C(C)CC.CCCCc1nnc(C2CC2)n1-c1ccccc1. The molecule has 0 aliphatic heterocycles. The molecular weight excluding hydrogens is 402 g/mol. The average Bonchev–Trinajstić information content (AvgIpc) is 3.58. The van der Waals surface area contributed by atoms with Gasteiger partial charge in [0.05, 0.1) is 0 Å². The topological polar surface area (TPSA) is 30.7 Å². The highest BCUT2D eigenvalue weighted by molar-refractivity contribution is 5.35. The maximum Gasteiger partial charge on any atom is 0.140 e. The zero-order valence-corrected chi connectivity index (χ0v) is 23.3. The molecular formula is C30H53N3. The van der Waals surface area contributed by atoms with Crippen molar-refractivity contribution in [2.75, 3.05) is 0 Å². The molecule has 2 atom stereocenters. The zero-order valence-electron chi connectivity index (χ0n) is 23.3. The van der Waals surface area contributed by atoms with Gasteiger partial charge >= 0.3 is 0 Å². The fourth-order valence-electron chi connectivity index (χ4n) is 3.43. The van der Waals surface area contributed by atoms with Gasteiger partial charge in [0.25, 0.3) is 0 Å². The predicted molar refractivity (Wildman–Crippen MR) is 147 cm³/mol.